The van der Waals surface area contributed by atoms with Gasteiger partial charge in [0, 0.05) is 22.5 Å². The largest absolute Gasteiger partial charge is 0.493 e. The number of methoxy groups -OCH3 is 1. The third-order valence-corrected chi connectivity index (χ3v) is 5.75. The van der Waals surface area contributed by atoms with E-state index in [1.165, 1.54) is 12.0 Å². The first-order valence-electron chi connectivity index (χ1n) is 8.68. The molecule has 0 N–H and O–H groups in total. The summed E-state index contributed by atoms with van der Waals surface area (Å²) in [4.78, 5) is 18.6. The van der Waals surface area contributed by atoms with Gasteiger partial charge < -0.3 is 9.47 Å². The summed E-state index contributed by atoms with van der Waals surface area (Å²) in [6.07, 6.45) is 2.93. The number of nitrogens with zero attached hydrogens (tertiary/aromatic N) is 2. The van der Waals surface area contributed by atoms with Crippen molar-refractivity contribution in [2.45, 2.75) is 19.4 Å². The molecule has 2 aromatic rings. The van der Waals surface area contributed by atoms with Gasteiger partial charge in [0.2, 0.25) is 5.91 Å². The van der Waals surface area contributed by atoms with Gasteiger partial charge in [0.25, 0.3) is 0 Å². The molecule has 3 rings (SSSR count). The Morgan fingerprint density at radius 1 is 1.29 bits per heavy atom. The summed E-state index contributed by atoms with van der Waals surface area (Å²) < 4.78 is 36.0. The Kier molecular flexibility index (Phi) is 5.95. The summed E-state index contributed by atoms with van der Waals surface area (Å²) in [5.74, 6) is 1.10. The lowest BCUT2D eigenvalue weighted by atomic mass is 10.1. The normalized spacial score (nSPS) is 14.7. The molecule has 0 spiro atoms. The zero-order valence-electron chi connectivity index (χ0n) is 15.8. The molecule has 1 atom stereocenters. The van der Waals surface area contributed by atoms with Crippen LogP contribution in [0.25, 0.3) is 0 Å². The Labute approximate surface area is 172 Å². The van der Waals surface area contributed by atoms with Crippen molar-refractivity contribution in [3.8, 4) is 11.5 Å². The van der Waals surface area contributed by atoms with E-state index in [1.807, 2.05) is 13.0 Å². The average molecular weight is 469 g/mol. The van der Waals surface area contributed by atoms with Crippen LogP contribution in [-0.4, -0.2) is 45.0 Å². The standard InChI is InChI=1S/C19H21BrN2O5S/c1-4-27-17-8-12(5-6-16(17)26-2)15(11-28(3,24)25)22-18(23)9-13-7-14(20)10-21-19(13)22/h5-8,10,15H,4,9,11H2,1-3H3. The lowest BCUT2D eigenvalue weighted by molar-refractivity contribution is -0.117. The van der Waals surface area contributed by atoms with Crippen LogP contribution in [0.1, 0.15) is 24.1 Å². The van der Waals surface area contributed by atoms with Crippen molar-refractivity contribution in [2.24, 2.45) is 0 Å². The minimum atomic E-state index is -3.39. The fourth-order valence-corrected chi connectivity index (χ4v) is 4.58. The first kappa shape index (κ1) is 20.6. The summed E-state index contributed by atoms with van der Waals surface area (Å²) in [5.41, 5.74) is 1.40. The summed E-state index contributed by atoms with van der Waals surface area (Å²) in [6, 6.07) is 6.30. The van der Waals surface area contributed by atoms with E-state index in [9.17, 15) is 13.2 Å². The van der Waals surface area contributed by atoms with E-state index < -0.39 is 15.9 Å². The molecule has 0 bridgehead atoms. The van der Waals surface area contributed by atoms with E-state index in [4.69, 9.17) is 9.47 Å². The molecule has 2 heterocycles. The zero-order valence-corrected chi connectivity index (χ0v) is 18.2. The van der Waals surface area contributed by atoms with Gasteiger partial charge in [-0.2, -0.15) is 0 Å². The fraction of sp³-hybridized carbons (Fsp3) is 0.368. The quantitative estimate of drug-likeness (QED) is 0.620. The van der Waals surface area contributed by atoms with Crippen molar-refractivity contribution in [2.75, 3.05) is 30.6 Å². The van der Waals surface area contributed by atoms with Gasteiger partial charge in [-0.15, -0.1) is 0 Å². The highest BCUT2D eigenvalue weighted by molar-refractivity contribution is 9.10. The number of carbonyl (C=O) groups is 1. The van der Waals surface area contributed by atoms with Gasteiger partial charge in [0.05, 0.1) is 31.9 Å². The number of hydrogen-bond acceptors (Lipinski definition) is 6. The second-order valence-electron chi connectivity index (χ2n) is 6.53. The lowest BCUT2D eigenvalue weighted by Gasteiger charge is -2.28. The Morgan fingerprint density at radius 3 is 2.68 bits per heavy atom. The third-order valence-electron chi connectivity index (χ3n) is 4.39. The van der Waals surface area contributed by atoms with E-state index in [-0.39, 0.29) is 18.1 Å². The minimum absolute atomic E-state index is 0.177. The highest BCUT2D eigenvalue weighted by atomic mass is 79.9. The number of pyridine rings is 1. The lowest BCUT2D eigenvalue weighted by Crippen LogP contribution is -2.36. The molecule has 1 amide bonds. The van der Waals surface area contributed by atoms with Crippen LogP contribution in [0.15, 0.2) is 34.9 Å². The van der Waals surface area contributed by atoms with Gasteiger partial charge in [0.1, 0.15) is 15.7 Å². The van der Waals surface area contributed by atoms with Crippen molar-refractivity contribution >= 4 is 37.5 Å². The maximum atomic E-state index is 12.8. The molecular formula is C19H21BrN2O5S. The number of amides is 1. The Balaban J connectivity index is 2.11. The molecule has 150 valence electrons. The molecule has 1 aliphatic rings. The molecule has 1 aliphatic heterocycles. The number of hydrogen-bond donors (Lipinski definition) is 0. The summed E-state index contributed by atoms with van der Waals surface area (Å²) in [6.45, 7) is 2.28. The van der Waals surface area contributed by atoms with Crippen molar-refractivity contribution in [3.05, 3.63) is 46.1 Å². The summed E-state index contributed by atoms with van der Waals surface area (Å²) in [5, 5.41) is 0. The number of carbonyl (C=O) groups excluding carboxylic acids is 1. The van der Waals surface area contributed by atoms with Crippen molar-refractivity contribution < 1.29 is 22.7 Å². The molecule has 9 heteroatoms. The van der Waals surface area contributed by atoms with Gasteiger partial charge >= 0.3 is 0 Å². The minimum Gasteiger partial charge on any atom is -0.493 e. The highest BCUT2D eigenvalue weighted by Gasteiger charge is 2.37. The monoisotopic (exact) mass is 468 g/mol. The van der Waals surface area contributed by atoms with E-state index in [0.29, 0.717) is 29.5 Å². The Bertz CT molecular complexity index is 1010. The number of fused-ring (bicyclic) bond motifs is 1. The van der Waals surface area contributed by atoms with Gasteiger partial charge in [-0.25, -0.2) is 13.4 Å². The highest BCUT2D eigenvalue weighted by Crippen LogP contribution is 2.38. The van der Waals surface area contributed by atoms with Crippen LogP contribution in [0.3, 0.4) is 0 Å². The zero-order chi connectivity index (χ0) is 20.5. The number of rotatable bonds is 7. The van der Waals surface area contributed by atoms with Gasteiger partial charge in [-0.05, 0) is 46.6 Å². The first-order valence-corrected chi connectivity index (χ1v) is 11.5. The number of ether oxygens (including phenoxy) is 2. The molecule has 0 fully saturated rings. The van der Waals surface area contributed by atoms with E-state index in [2.05, 4.69) is 20.9 Å². The molecule has 1 aromatic heterocycles. The number of halogens is 1. The predicted octanol–water partition coefficient (Wildman–Crippen LogP) is 2.93. The fourth-order valence-electron chi connectivity index (χ4n) is 3.28. The van der Waals surface area contributed by atoms with Crippen molar-refractivity contribution in [1.29, 1.82) is 0 Å². The molecule has 28 heavy (non-hydrogen) atoms. The number of sulfone groups is 1. The third kappa shape index (κ3) is 4.30. The summed E-state index contributed by atoms with van der Waals surface area (Å²) in [7, 11) is -1.85. The molecular weight excluding hydrogens is 448 g/mol. The molecule has 7 nitrogen and oxygen atoms in total. The van der Waals surface area contributed by atoms with E-state index >= 15 is 0 Å². The van der Waals surface area contributed by atoms with Crippen LogP contribution < -0.4 is 14.4 Å². The van der Waals surface area contributed by atoms with Gasteiger partial charge in [0.15, 0.2) is 11.5 Å². The van der Waals surface area contributed by atoms with Crippen LogP contribution in [0, 0.1) is 0 Å². The molecule has 0 saturated heterocycles. The molecule has 0 radical (unpaired) electrons. The van der Waals surface area contributed by atoms with Crippen molar-refractivity contribution in [1.82, 2.24) is 4.98 Å². The second-order valence-corrected chi connectivity index (χ2v) is 9.63. The van der Waals surface area contributed by atoms with Crippen LogP contribution >= 0.6 is 15.9 Å². The molecule has 0 aliphatic carbocycles. The Morgan fingerprint density at radius 2 is 2.04 bits per heavy atom. The van der Waals surface area contributed by atoms with Crippen molar-refractivity contribution in [3.63, 3.8) is 0 Å². The maximum absolute atomic E-state index is 12.8. The number of anilines is 1. The SMILES string of the molecule is CCOc1cc(C(CS(C)(=O)=O)N2C(=O)Cc3cc(Br)cnc32)ccc1OC. The smallest absolute Gasteiger partial charge is 0.233 e. The Hall–Kier alpha value is -2.13. The van der Waals surface area contributed by atoms with E-state index in [0.717, 1.165) is 16.3 Å². The predicted molar refractivity (Wildman–Crippen MR) is 110 cm³/mol. The number of aromatic nitrogens is 1. The topological polar surface area (TPSA) is 85.8 Å². The average Bonchev–Trinajstić information content (AvgIpc) is 2.94. The maximum Gasteiger partial charge on any atom is 0.233 e. The number of benzene rings is 1. The molecule has 0 saturated carbocycles. The van der Waals surface area contributed by atoms with Crippen LogP contribution in [0.4, 0.5) is 5.82 Å². The summed E-state index contributed by atoms with van der Waals surface area (Å²) >= 11 is 3.36. The van der Waals surface area contributed by atoms with Crippen LogP contribution in [0.2, 0.25) is 0 Å². The second kappa shape index (κ2) is 8.08. The van der Waals surface area contributed by atoms with Crippen LogP contribution in [-0.2, 0) is 21.1 Å². The molecule has 1 aromatic carbocycles. The van der Waals surface area contributed by atoms with Gasteiger partial charge in [-0.3, -0.25) is 9.69 Å². The van der Waals surface area contributed by atoms with Crippen LogP contribution in [0.5, 0.6) is 11.5 Å². The van der Waals surface area contributed by atoms with E-state index in [1.54, 1.807) is 24.4 Å². The first-order chi connectivity index (χ1) is 13.2. The van der Waals surface area contributed by atoms with Gasteiger partial charge in [-0.1, -0.05) is 6.07 Å². The molecule has 1 unspecified atom stereocenters.